The van der Waals surface area contributed by atoms with E-state index in [-0.39, 0.29) is 0 Å². The average molecular weight is 273 g/mol. The minimum Gasteiger partial charge on any atom is -0.544 e. The van der Waals surface area contributed by atoms with Gasteiger partial charge < -0.3 is 14.8 Å². The maximum atomic E-state index is 10.9. The van der Waals surface area contributed by atoms with E-state index in [1.807, 2.05) is 6.07 Å². The normalized spacial score (nSPS) is 18.0. The lowest BCUT2D eigenvalue weighted by Gasteiger charge is -2.23. The van der Waals surface area contributed by atoms with E-state index in [9.17, 15) is 9.90 Å². The molecule has 1 aromatic carbocycles. The molecule has 1 aromatic heterocycles. The quantitative estimate of drug-likeness (QED) is 0.871. The highest BCUT2D eigenvalue weighted by molar-refractivity contribution is 7.14. The fourth-order valence-corrected chi connectivity index (χ4v) is 3.63. The predicted molar refractivity (Wildman–Crippen MR) is 72.0 cm³/mol. The number of hydrogen-bond donors (Lipinski definition) is 1. The maximum absolute atomic E-state index is 10.9. The Balaban J connectivity index is 1.73. The second kappa shape index (κ2) is 5.15. The van der Waals surface area contributed by atoms with Crippen LogP contribution in [0.15, 0.2) is 36.4 Å². The van der Waals surface area contributed by atoms with Crippen LogP contribution >= 0.6 is 11.3 Å². The van der Waals surface area contributed by atoms with Gasteiger partial charge in [-0.15, -0.1) is 11.3 Å². The third kappa shape index (κ3) is 2.69. The van der Waals surface area contributed by atoms with Crippen molar-refractivity contribution in [1.29, 1.82) is 0 Å². The first-order valence-electron chi connectivity index (χ1n) is 6.43. The van der Waals surface area contributed by atoms with Crippen LogP contribution in [0.25, 0.3) is 0 Å². The van der Waals surface area contributed by atoms with Crippen LogP contribution in [0, 0.1) is 0 Å². The van der Waals surface area contributed by atoms with Crippen molar-refractivity contribution in [2.24, 2.45) is 0 Å². The van der Waals surface area contributed by atoms with Gasteiger partial charge in [0.1, 0.15) is 13.1 Å². The lowest BCUT2D eigenvalue weighted by Crippen LogP contribution is -3.10. The van der Waals surface area contributed by atoms with E-state index in [1.165, 1.54) is 32.2 Å². The molecule has 1 aliphatic rings. The van der Waals surface area contributed by atoms with E-state index < -0.39 is 5.97 Å². The van der Waals surface area contributed by atoms with Crippen molar-refractivity contribution in [3.63, 3.8) is 0 Å². The van der Waals surface area contributed by atoms with Gasteiger partial charge in [0.2, 0.25) is 0 Å². The Labute approximate surface area is 116 Å². The molecule has 1 atom stereocenters. The number of fused-ring (bicyclic) bond motifs is 1. The summed E-state index contributed by atoms with van der Waals surface area (Å²) in [5.41, 5.74) is 2.51. The summed E-state index contributed by atoms with van der Waals surface area (Å²) in [5, 5.41) is 10.9. The first-order chi connectivity index (χ1) is 9.22. The number of rotatable bonds is 3. The summed E-state index contributed by atoms with van der Waals surface area (Å²) in [6.07, 6.45) is 0.968. The van der Waals surface area contributed by atoms with Crippen molar-refractivity contribution in [3.05, 3.63) is 57.3 Å². The highest BCUT2D eigenvalue weighted by Crippen LogP contribution is 2.23. The van der Waals surface area contributed by atoms with Crippen LogP contribution in [0.2, 0.25) is 0 Å². The van der Waals surface area contributed by atoms with Crippen molar-refractivity contribution in [2.45, 2.75) is 19.5 Å². The van der Waals surface area contributed by atoms with Gasteiger partial charge in [-0.25, -0.2) is 0 Å². The van der Waals surface area contributed by atoms with Crippen LogP contribution < -0.4 is 10.0 Å². The van der Waals surface area contributed by atoms with Gasteiger partial charge >= 0.3 is 0 Å². The molecule has 0 bridgehead atoms. The Bertz CT molecular complexity index is 591. The molecule has 1 unspecified atom stereocenters. The molecule has 98 valence electrons. The largest absolute Gasteiger partial charge is 0.544 e. The highest BCUT2D eigenvalue weighted by Gasteiger charge is 2.22. The van der Waals surface area contributed by atoms with Gasteiger partial charge in [-0.3, -0.25) is 0 Å². The zero-order valence-electron chi connectivity index (χ0n) is 10.5. The van der Waals surface area contributed by atoms with Crippen molar-refractivity contribution in [2.75, 3.05) is 6.54 Å². The van der Waals surface area contributed by atoms with Crippen molar-refractivity contribution < 1.29 is 14.8 Å². The maximum Gasteiger partial charge on any atom is 0.104 e. The third-order valence-electron chi connectivity index (χ3n) is 3.54. The van der Waals surface area contributed by atoms with E-state index in [0.29, 0.717) is 4.88 Å². The van der Waals surface area contributed by atoms with Crippen LogP contribution in [-0.4, -0.2) is 12.5 Å². The highest BCUT2D eigenvalue weighted by atomic mass is 32.1. The summed E-state index contributed by atoms with van der Waals surface area (Å²) in [5.74, 6) is -1.05. The summed E-state index contributed by atoms with van der Waals surface area (Å²) in [4.78, 5) is 14.0. The summed E-state index contributed by atoms with van der Waals surface area (Å²) in [7, 11) is 0. The van der Waals surface area contributed by atoms with Gasteiger partial charge in [-0.2, -0.15) is 0 Å². The Morgan fingerprint density at radius 3 is 2.84 bits per heavy atom. The molecule has 0 aliphatic carbocycles. The standard InChI is InChI=1S/C15H15NO2S/c17-15(18)14-8-12-10-16(7-6-13(12)19-14)9-11-4-2-1-3-5-11/h1-5,8H,6-7,9-10H2,(H,17,18). The summed E-state index contributed by atoms with van der Waals surface area (Å²) < 4.78 is 0. The number of hydrogen-bond acceptors (Lipinski definition) is 3. The molecule has 0 amide bonds. The molecule has 2 aromatic rings. The van der Waals surface area contributed by atoms with Crippen LogP contribution in [0.3, 0.4) is 0 Å². The fourth-order valence-electron chi connectivity index (χ4n) is 2.61. The van der Waals surface area contributed by atoms with Gasteiger partial charge in [0, 0.05) is 22.4 Å². The summed E-state index contributed by atoms with van der Waals surface area (Å²) in [6.45, 7) is 2.97. The SMILES string of the molecule is O=C([O-])c1cc2c(s1)CC[NH+](Cc1ccccc1)C2. The van der Waals surface area contributed by atoms with Gasteiger partial charge in [0.15, 0.2) is 0 Å². The smallest absolute Gasteiger partial charge is 0.104 e. The minimum absolute atomic E-state index is 0.367. The van der Waals surface area contributed by atoms with E-state index in [1.54, 1.807) is 6.07 Å². The first-order valence-corrected chi connectivity index (χ1v) is 7.24. The molecule has 3 rings (SSSR count). The van der Waals surface area contributed by atoms with Crippen molar-refractivity contribution in [1.82, 2.24) is 0 Å². The summed E-state index contributed by atoms with van der Waals surface area (Å²) in [6, 6.07) is 12.2. The minimum atomic E-state index is -1.05. The summed E-state index contributed by atoms with van der Waals surface area (Å²) >= 11 is 1.38. The van der Waals surface area contributed by atoms with E-state index >= 15 is 0 Å². The molecule has 0 fully saturated rings. The van der Waals surface area contributed by atoms with Gasteiger partial charge in [0.05, 0.1) is 17.4 Å². The Morgan fingerprint density at radius 1 is 1.32 bits per heavy atom. The zero-order chi connectivity index (χ0) is 13.2. The molecule has 4 heteroatoms. The van der Waals surface area contributed by atoms with E-state index in [4.69, 9.17) is 0 Å². The second-order valence-electron chi connectivity index (χ2n) is 4.94. The number of carbonyl (C=O) groups excluding carboxylic acids is 1. The lowest BCUT2D eigenvalue weighted by atomic mass is 10.1. The molecule has 0 spiro atoms. The second-order valence-corrected chi connectivity index (χ2v) is 6.07. The van der Waals surface area contributed by atoms with Crippen molar-refractivity contribution in [3.8, 4) is 0 Å². The molecule has 0 saturated carbocycles. The number of nitrogens with one attached hydrogen (secondary N) is 1. The molecule has 1 aliphatic heterocycles. The zero-order valence-corrected chi connectivity index (χ0v) is 11.3. The van der Waals surface area contributed by atoms with Crippen LogP contribution in [0.5, 0.6) is 0 Å². The average Bonchev–Trinajstić information content (AvgIpc) is 2.83. The van der Waals surface area contributed by atoms with E-state index in [0.717, 1.165) is 26.1 Å². The number of carboxylic acids is 1. The molecule has 0 saturated heterocycles. The number of benzene rings is 1. The molecule has 19 heavy (non-hydrogen) atoms. The Morgan fingerprint density at radius 2 is 2.11 bits per heavy atom. The number of aromatic carboxylic acids is 1. The van der Waals surface area contributed by atoms with Gasteiger partial charge in [-0.1, -0.05) is 30.3 Å². The number of quaternary nitrogens is 1. The van der Waals surface area contributed by atoms with Crippen LogP contribution in [-0.2, 0) is 19.5 Å². The molecule has 2 heterocycles. The topological polar surface area (TPSA) is 44.6 Å². The molecule has 1 N–H and O–H groups in total. The molecule has 0 radical (unpaired) electrons. The molecule has 3 nitrogen and oxygen atoms in total. The Kier molecular flexibility index (Phi) is 3.36. The number of thiophene rings is 1. The third-order valence-corrected chi connectivity index (χ3v) is 4.76. The fraction of sp³-hybridized carbons (Fsp3) is 0.267. The number of carbonyl (C=O) groups is 1. The van der Waals surface area contributed by atoms with Crippen molar-refractivity contribution >= 4 is 17.3 Å². The Hall–Kier alpha value is -1.65. The molecular weight excluding hydrogens is 258 g/mol. The predicted octanol–water partition coefficient (Wildman–Crippen LogP) is 0.253. The molecular formula is C15H15NO2S. The van der Waals surface area contributed by atoms with Gasteiger partial charge in [0.25, 0.3) is 0 Å². The van der Waals surface area contributed by atoms with Crippen LogP contribution in [0.4, 0.5) is 0 Å². The number of carboxylic acid groups (broad SMARTS) is 1. The van der Waals surface area contributed by atoms with Gasteiger partial charge in [-0.05, 0) is 6.07 Å². The first kappa shape index (κ1) is 12.4. The van der Waals surface area contributed by atoms with E-state index in [2.05, 4.69) is 24.3 Å². The monoisotopic (exact) mass is 273 g/mol. The lowest BCUT2D eigenvalue weighted by molar-refractivity contribution is -0.929. The van der Waals surface area contributed by atoms with Crippen LogP contribution in [0.1, 0.15) is 25.7 Å².